The quantitative estimate of drug-likeness (QED) is 0.769. The molecule has 0 aromatic carbocycles. The van der Waals surface area contributed by atoms with E-state index in [1.807, 2.05) is 6.20 Å². The summed E-state index contributed by atoms with van der Waals surface area (Å²) in [5.74, 6) is 0. The fourth-order valence-electron chi connectivity index (χ4n) is 2.32. The summed E-state index contributed by atoms with van der Waals surface area (Å²) in [6, 6.07) is 2.10. The van der Waals surface area contributed by atoms with Crippen LogP contribution in [0.25, 0.3) is 11.0 Å². The molecule has 15 heavy (non-hydrogen) atoms. The van der Waals surface area contributed by atoms with Gasteiger partial charge in [-0.1, -0.05) is 6.92 Å². The largest absolute Gasteiger partial charge is 0.376 e. The van der Waals surface area contributed by atoms with E-state index in [0.717, 1.165) is 31.7 Å². The number of H-pyrrole nitrogens is 1. The van der Waals surface area contributed by atoms with Gasteiger partial charge < -0.3 is 9.72 Å². The monoisotopic (exact) mass is 202 g/mol. The van der Waals surface area contributed by atoms with E-state index < -0.39 is 0 Å². The molecule has 0 aliphatic carbocycles. The van der Waals surface area contributed by atoms with Crippen molar-refractivity contribution in [2.45, 2.75) is 26.4 Å². The zero-order valence-corrected chi connectivity index (χ0v) is 8.84. The predicted molar refractivity (Wildman–Crippen MR) is 58.8 cm³/mol. The lowest BCUT2D eigenvalue weighted by Crippen LogP contribution is -2.08. The summed E-state index contributed by atoms with van der Waals surface area (Å²) < 4.78 is 5.51. The number of fused-ring (bicyclic) bond motifs is 3. The Morgan fingerprint density at radius 3 is 3.33 bits per heavy atom. The van der Waals surface area contributed by atoms with E-state index >= 15 is 0 Å². The third-order valence-electron chi connectivity index (χ3n) is 3.10. The Bertz CT molecular complexity index is 502. The van der Waals surface area contributed by atoms with Gasteiger partial charge in [0.2, 0.25) is 0 Å². The molecule has 3 nitrogen and oxygen atoms in total. The van der Waals surface area contributed by atoms with Crippen molar-refractivity contribution in [3.63, 3.8) is 0 Å². The summed E-state index contributed by atoms with van der Waals surface area (Å²) >= 11 is 0. The minimum Gasteiger partial charge on any atom is -0.376 e. The molecule has 0 unspecified atom stereocenters. The van der Waals surface area contributed by atoms with Crippen molar-refractivity contribution < 1.29 is 4.74 Å². The number of aryl methyl sites for hydroxylation is 1. The van der Waals surface area contributed by atoms with Crippen LogP contribution in [0.2, 0.25) is 0 Å². The average molecular weight is 202 g/mol. The number of pyridine rings is 1. The molecular weight excluding hydrogens is 188 g/mol. The third kappa shape index (κ3) is 1.27. The van der Waals surface area contributed by atoms with Crippen LogP contribution in [-0.4, -0.2) is 16.6 Å². The maximum Gasteiger partial charge on any atom is 0.138 e. The first-order valence-electron chi connectivity index (χ1n) is 5.45. The molecule has 2 aromatic heterocycles. The average Bonchev–Trinajstić information content (AvgIpc) is 2.67. The van der Waals surface area contributed by atoms with E-state index in [9.17, 15) is 0 Å². The third-order valence-corrected chi connectivity index (χ3v) is 3.10. The molecule has 78 valence electrons. The molecule has 0 saturated carbocycles. The van der Waals surface area contributed by atoms with Crippen LogP contribution >= 0.6 is 0 Å². The highest BCUT2D eigenvalue weighted by atomic mass is 16.5. The van der Waals surface area contributed by atoms with E-state index in [4.69, 9.17) is 4.74 Å². The fraction of sp³-hybridized carbons (Fsp3) is 0.417. The van der Waals surface area contributed by atoms with Crippen LogP contribution in [0.3, 0.4) is 0 Å². The molecule has 1 N–H and O–H groups in total. The van der Waals surface area contributed by atoms with Gasteiger partial charge in [0.1, 0.15) is 5.65 Å². The first-order valence-corrected chi connectivity index (χ1v) is 5.45. The highest BCUT2D eigenvalue weighted by Crippen LogP contribution is 2.28. The lowest BCUT2D eigenvalue weighted by molar-refractivity contribution is 0.111. The van der Waals surface area contributed by atoms with E-state index in [0.29, 0.717) is 0 Å². The highest BCUT2D eigenvalue weighted by Gasteiger charge is 2.17. The van der Waals surface area contributed by atoms with Gasteiger partial charge in [0.25, 0.3) is 0 Å². The molecule has 0 fully saturated rings. The van der Waals surface area contributed by atoms with E-state index in [2.05, 4.69) is 23.0 Å². The zero-order valence-electron chi connectivity index (χ0n) is 8.84. The second-order valence-corrected chi connectivity index (χ2v) is 3.93. The van der Waals surface area contributed by atoms with Crippen molar-refractivity contribution in [3.05, 3.63) is 29.1 Å². The lowest BCUT2D eigenvalue weighted by Gasteiger charge is -2.12. The molecule has 0 radical (unpaired) electrons. The number of hydrogen-bond donors (Lipinski definition) is 1. The van der Waals surface area contributed by atoms with Crippen molar-refractivity contribution in [2.75, 3.05) is 6.61 Å². The van der Waals surface area contributed by atoms with Gasteiger partial charge in [-0.15, -0.1) is 0 Å². The second-order valence-electron chi connectivity index (χ2n) is 3.93. The van der Waals surface area contributed by atoms with Crippen LogP contribution in [0.4, 0.5) is 0 Å². The molecule has 0 saturated heterocycles. The SMILES string of the molecule is CCc1ccnc2[nH]c3c(c12)COCC3. The first-order chi connectivity index (χ1) is 7.40. The molecule has 3 heteroatoms. The summed E-state index contributed by atoms with van der Waals surface area (Å²) in [5, 5.41) is 1.29. The summed E-state index contributed by atoms with van der Waals surface area (Å²) in [5.41, 5.74) is 5.01. The Hall–Kier alpha value is -1.35. The van der Waals surface area contributed by atoms with Gasteiger partial charge in [-0.3, -0.25) is 0 Å². The van der Waals surface area contributed by atoms with E-state index in [-0.39, 0.29) is 0 Å². The molecule has 2 aromatic rings. The van der Waals surface area contributed by atoms with Crippen LogP contribution in [0, 0.1) is 0 Å². The Morgan fingerprint density at radius 1 is 1.53 bits per heavy atom. The van der Waals surface area contributed by atoms with Crippen LogP contribution in [0.1, 0.15) is 23.7 Å². The Morgan fingerprint density at radius 2 is 2.47 bits per heavy atom. The second kappa shape index (κ2) is 3.35. The van der Waals surface area contributed by atoms with Crippen molar-refractivity contribution in [1.82, 2.24) is 9.97 Å². The molecular formula is C12H14N2O. The Labute approximate surface area is 88.5 Å². The summed E-state index contributed by atoms with van der Waals surface area (Å²) in [7, 11) is 0. The standard InChI is InChI=1S/C12H14N2O/c1-2-8-3-5-13-12-11(8)9-7-15-6-4-10(9)14-12/h3,5H,2,4,6-7H2,1H3,(H,13,14). The van der Waals surface area contributed by atoms with Crippen LogP contribution in [0.15, 0.2) is 12.3 Å². The maximum absolute atomic E-state index is 5.51. The van der Waals surface area contributed by atoms with E-state index in [1.54, 1.807) is 0 Å². The van der Waals surface area contributed by atoms with Crippen molar-refractivity contribution in [3.8, 4) is 0 Å². The summed E-state index contributed by atoms with van der Waals surface area (Å²) in [4.78, 5) is 7.78. The first kappa shape index (κ1) is 8.92. The number of hydrogen-bond acceptors (Lipinski definition) is 2. The summed E-state index contributed by atoms with van der Waals surface area (Å²) in [6.07, 6.45) is 3.90. The van der Waals surface area contributed by atoms with Gasteiger partial charge in [0.15, 0.2) is 0 Å². The smallest absolute Gasteiger partial charge is 0.138 e. The van der Waals surface area contributed by atoms with Gasteiger partial charge >= 0.3 is 0 Å². The van der Waals surface area contributed by atoms with Gasteiger partial charge in [0, 0.05) is 29.3 Å². The summed E-state index contributed by atoms with van der Waals surface area (Å²) in [6.45, 7) is 3.73. The lowest BCUT2D eigenvalue weighted by atomic mass is 10.0. The molecule has 3 heterocycles. The topological polar surface area (TPSA) is 37.9 Å². The van der Waals surface area contributed by atoms with Crippen LogP contribution in [0.5, 0.6) is 0 Å². The number of ether oxygens (including phenoxy) is 1. The highest BCUT2D eigenvalue weighted by molar-refractivity contribution is 5.85. The molecule has 1 aliphatic rings. The molecule has 0 amide bonds. The van der Waals surface area contributed by atoms with Crippen LogP contribution in [-0.2, 0) is 24.2 Å². The van der Waals surface area contributed by atoms with Gasteiger partial charge in [-0.25, -0.2) is 4.98 Å². The number of nitrogens with zero attached hydrogens (tertiary/aromatic N) is 1. The Balaban J connectivity index is 2.33. The minimum absolute atomic E-state index is 0.730. The van der Waals surface area contributed by atoms with Gasteiger partial charge in [-0.2, -0.15) is 0 Å². The molecule has 0 bridgehead atoms. The van der Waals surface area contributed by atoms with E-state index in [1.165, 1.54) is 22.2 Å². The van der Waals surface area contributed by atoms with Crippen molar-refractivity contribution in [2.24, 2.45) is 0 Å². The van der Waals surface area contributed by atoms with Crippen LogP contribution < -0.4 is 0 Å². The number of aromatic amines is 1. The van der Waals surface area contributed by atoms with Crippen molar-refractivity contribution in [1.29, 1.82) is 0 Å². The predicted octanol–water partition coefficient (Wildman–Crippen LogP) is 2.20. The normalized spacial score (nSPS) is 15.5. The van der Waals surface area contributed by atoms with Crippen molar-refractivity contribution >= 4 is 11.0 Å². The molecule has 1 aliphatic heterocycles. The van der Waals surface area contributed by atoms with Gasteiger partial charge in [0.05, 0.1) is 13.2 Å². The molecule has 3 rings (SSSR count). The van der Waals surface area contributed by atoms with Gasteiger partial charge in [-0.05, 0) is 18.1 Å². The molecule has 0 spiro atoms. The Kier molecular flexibility index (Phi) is 1.99. The maximum atomic E-state index is 5.51. The number of nitrogens with one attached hydrogen (secondary N) is 1. The zero-order chi connectivity index (χ0) is 10.3. The number of rotatable bonds is 1. The number of aromatic nitrogens is 2. The minimum atomic E-state index is 0.730. The molecule has 0 atom stereocenters. The fourth-order valence-corrected chi connectivity index (χ4v) is 2.32.